The molecule has 1 atom stereocenters. The summed E-state index contributed by atoms with van der Waals surface area (Å²) in [6.45, 7) is 8.45. The van der Waals surface area contributed by atoms with Crippen molar-refractivity contribution in [3.8, 4) is 0 Å². The molecule has 0 radical (unpaired) electrons. The number of carbonyl (C=O) groups is 1. The summed E-state index contributed by atoms with van der Waals surface area (Å²) < 4.78 is 0. The van der Waals surface area contributed by atoms with E-state index in [1.165, 1.54) is 16.3 Å². The first-order valence-electron chi connectivity index (χ1n) is 8.63. The monoisotopic (exact) mass is 311 g/mol. The number of aromatic nitrogens is 1. The summed E-state index contributed by atoms with van der Waals surface area (Å²) >= 11 is 0. The van der Waals surface area contributed by atoms with Crippen LogP contribution in [0.1, 0.15) is 51.5 Å². The molecule has 0 spiro atoms. The largest absolute Gasteiger partial charge is 0.356 e. The Morgan fingerprint density at radius 1 is 1.17 bits per heavy atom. The number of anilines is 2. The molecule has 3 rings (SSSR count). The van der Waals surface area contributed by atoms with Crippen molar-refractivity contribution < 1.29 is 4.79 Å². The molecule has 122 valence electrons. The number of hydrogen-bond donors (Lipinski definition) is 1. The molecule has 1 aromatic carbocycles. The average molecular weight is 311 g/mol. The first-order chi connectivity index (χ1) is 11.2. The molecule has 2 aromatic rings. The van der Waals surface area contributed by atoms with Crippen molar-refractivity contribution in [3.63, 3.8) is 0 Å². The second-order valence-electron chi connectivity index (χ2n) is 6.38. The molecule has 2 heterocycles. The summed E-state index contributed by atoms with van der Waals surface area (Å²) in [6, 6.07) is 8.45. The van der Waals surface area contributed by atoms with Gasteiger partial charge in [-0.3, -0.25) is 4.79 Å². The van der Waals surface area contributed by atoms with Crippen LogP contribution in [0.5, 0.6) is 0 Å². The predicted octanol–water partition coefficient (Wildman–Crippen LogP) is 4.31. The Labute approximate surface area is 137 Å². The number of nitrogens with one attached hydrogen (secondary N) is 1. The van der Waals surface area contributed by atoms with E-state index in [2.05, 4.69) is 55.3 Å². The lowest BCUT2D eigenvalue weighted by molar-refractivity contribution is -0.116. The molecule has 0 saturated heterocycles. The fraction of sp³-hybridized carbons (Fsp3) is 0.474. The van der Waals surface area contributed by atoms with Gasteiger partial charge < -0.3 is 10.2 Å². The molecule has 1 aliphatic rings. The van der Waals surface area contributed by atoms with Crippen LogP contribution in [0.2, 0.25) is 0 Å². The van der Waals surface area contributed by atoms with E-state index in [4.69, 9.17) is 4.98 Å². The molecular formula is C19H25N3O. The lowest BCUT2D eigenvalue weighted by atomic mass is 9.90. The highest BCUT2D eigenvalue weighted by Crippen LogP contribution is 2.39. The number of carbonyl (C=O) groups excluding carboxylic acids is 1. The van der Waals surface area contributed by atoms with Gasteiger partial charge in [0.2, 0.25) is 5.91 Å². The maximum absolute atomic E-state index is 11.9. The Morgan fingerprint density at radius 2 is 1.83 bits per heavy atom. The number of benzene rings is 1. The first kappa shape index (κ1) is 15.8. The van der Waals surface area contributed by atoms with E-state index in [0.29, 0.717) is 6.42 Å². The summed E-state index contributed by atoms with van der Waals surface area (Å²) in [4.78, 5) is 19.2. The third-order valence-electron chi connectivity index (χ3n) is 4.46. The van der Waals surface area contributed by atoms with Crippen LogP contribution in [0.4, 0.5) is 11.6 Å². The molecule has 4 nitrogen and oxygen atoms in total. The van der Waals surface area contributed by atoms with E-state index >= 15 is 0 Å². The Kier molecular flexibility index (Phi) is 4.51. The smallest absolute Gasteiger partial charge is 0.226 e. The van der Waals surface area contributed by atoms with Crippen LogP contribution in [0, 0.1) is 0 Å². The second kappa shape index (κ2) is 6.57. The van der Waals surface area contributed by atoms with Crippen LogP contribution in [0.15, 0.2) is 24.3 Å². The Hall–Kier alpha value is -2.10. The summed E-state index contributed by atoms with van der Waals surface area (Å²) in [5.41, 5.74) is 1.18. The third kappa shape index (κ3) is 2.90. The maximum atomic E-state index is 11.9. The Balaban J connectivity index is 2.22. The molecule has 23 heavy (non-hydrogen) atoms. The molecule has 0 fully saturated rings. The van der Waals surface area contributed by atoms with Crippen LogP contribution in [-0.2, 0) is 4.79 Å². The number of amides is 1. The zero-order valence-electron chi connectivity index (χ0n) is 14.2. The van der Waals surface area contributed by atoms with Crippen LogP contribution in [0.25, 0.3) is 10.8 Å². The minimum absolute atomic E-state index is 0.0660. The van der Waals surface area contributed by atoms with Gasteiger partial charge in [-0.1, -0.05) is 45.0 Å². The highest BCUT2D eigenvalue weighted by atomic mass is 16.1. The van der Waals surface area contributed by atoms with Gasteiger partial charge in [-0.15, -0.1) is 0 Å². The van der Waals surface area contributed by atoms with E-state index < -0.39 is 0 Å². The highest BCUT2D eigenvalue weighted by Gasteiger charge is 2.27. The van der Waals surface area contributed by atoms with E-state index in [1.807, 2.05) is 0 Å². The normalized spacial score (nSPS) is 17.0. The SMILES string of the molecule is CCCN(CCC)c1nc2c(c3ccccc13)C(C)CC(=O)N2. The molecule has 4 heteroatoms. The van der Waals surface area contributed by atoms with Crippen molar-refractivity contribution in [2.75, 3.05) is 23.3 Å². The van der Waals surface area contributed by atoms with Gasteiger partial charge in [0, 0.05) is 30.5 Å². The number of hydrogen-bond acceptors (Lipinski definition) is 3. The summed E-state index contributed by atoms with van der Waals surface area (Å²) in [6.07, 6.45) is 2.69. The van der Waals surface area contributed by atoms with Crippen LogP contribution in [0.3, 0.4) is 0 Å². The van der Waals surface area contributed by atoms with Gasteiger partial charge in [0.25, 0.3) is 0 Å². The van der Waals surface area contributed by atoms with E-state index in [-0.39, 0.29) is 11.8 Å². The molecule has 0 saturated carbocycles. The van der Waals surface area contributed by atoms with Crippen molar-refractivity contribution in [1.29, 1.82) is 0 Å². The molecule has 0 bridgehead atoms. The van der Waals surface area contributed by atoms with Gasteiger partial charge >= 0.3 is 0 Å². The van der Waals surface area contributed by atoms with Crippen LogP contribution < -0.4 is 10.2 Å². The molecular weight excluding hydrogens is 286 g/mol. The van der Waals surface area contributed by atoms with Gasteiger partial charge in [0.15, 0.2) is 0 Å². The summed E-state index contributed by atoms with van der Waals surface area (Å²) in [5.74, 6) is 2.02. The molecule has 1 amide bonds. The predicted molar refractivity (Wildman–Crippen MR) is 96.2 cm³/mol. The molecule has 1 unspecified atom stereocenters. The standard InChI is InChI=1S/C19H25N3O/c1-4-10-22(11-5-2)19-15-9-7-6-8-14(15)17-13(3)12-16(23)20-18(17)21-19/h6-9,13H,4-5,10-12H2,1-3H3,(H,20,21,23). The summed E-state index contributed by atoms with van der Waals surface area (Å²) in [7, 11) is 0. The fourth-order valence-electron chi connectivity index (χ4n) is 3.53. The molecule has 1 aromatic heterocycles. The fourth-order valence-corrected chi connectivity index (χ4v) is 3.53. The Morgan fingerprint density at radius 3 is 2.48 bits per heavy atom. The minimum Gasteiger partial charge on any atom is -0.356 e. The Bertz CT molecular complexity index is 720. The van der Waals surface area contributed by atoms with E-state index in [0.717, 1.165) is 37.6 Å². The first-order valence-corrected chi connectivity index (χ1v) is 8.63. The quantitative estimate of drug-likeness (QED) is 0.895. The maximum Gasteiger partial charge on any atom is 0.226 e. The lowest BCUT2D eigenvalue weighted by Crippen LogP contribution is -2.28. The number of pyridine rings is 1. The highest BCUT2D eigenvalue weighted by molar-refractivity contribution is 6.03. The third-order valence-corrected chi connectivity index (χ3v) is 4.46. The topological polar surface area (TPSA) is 45.2 Å². The average Bonchev–Trinajstić information content (AvgIpc) is 2.53. The van der Waals surface area contributed by atoms with Gasteiger partial charge in [-0.25, -0.2) is 4.98 Å². The molecule has 0 aliphatic carbocycles. The van der Waals surface area contributed by atoms with Crippen LogP contribution in [-0.4, -0.2) is 24.0 Å². The number of fused-ring (bicyclic) bond motifs is 3. The zero-order valence-corrected chi connectivity index (χ0v) is 14.2. The van der Waals surface area contributed by atoms with Gasteiger partial charge in [-0.05, 0) is 24.1 Å². The lowest BCUT2D eigenvalue weighted by Gasteiger charge is -2.29. The van der Waals surface area contributed by atoms with Crippen molar-refractivity contribution in [3.05, 3.63) is 29.8 Å². The van der Waals surface area contributed by atoms with Gasteiger partial charge in [0.1, 0.15) is 11.6 Å². The van der Waals surface area contributed by atoms with Crippen molar-refractivity contribution in [2.24, 2.45) is 0 Å². The number of rotatable bonds is 5. The van der Waals surface area contributed by atoms with Crippen molar-refractivity contribution >= 4 is 28.3 Å². The van der Waals surface area contributed by atoms with Gasteiger partial charge in [0.05, 0.1) is 0 Å². The van der Waals surface area contributed by atoms with Gasteiger partial charge in [-0.2, -0.15) is 0 Å². The molecule has 1 aliphatic heterocycles. The van der Waals surface area contributed by atoms with Crippen molar-refractivity contribution in [2.45, 2.75) is 46.0 Å². The van der Waals surface area contributed by atoms with Crippen LogP contribution >= 0.6 is 0 Å². The second-order valence-corrected chi connectivity index (χ2v) is 6.38. The van der Waals surface area contributed by atoms with E-state index in [9.17, 15) is 4.79 Å². The zero-order chi connectivity index (χ0) is 16.4. The number of nitrogens with zero attached hydrogens (tertiary/aromatic N) is 2. The minimum atomic E-state index is 0.0660. The van der Waals surface area contributed by atoms with E-state index in [1.54, 1.807) is 0 Å². The molecule has 1 N–H and O–H groups in total. The van der Waals surface area contributed by atoms with Crippen molar-refractivity contribution in [1.82, 2.24) is 4.98 Å². The summed E-state index contributed by atoms with van der Waals surface area (Å²) in [5, 5.41) is 5.40.